The first-order chi connectivity index (χ1) is 5.86. The van der Waals surface area contributed by atoms with Crippen LogP contribution in [0.4, 0.5) is 0 Å². The summed E-state index contributed by atoms with van der Waals surface area (Å²) in [5, 5.41) is 4.23. The van der Waals surface area contributed by atoms with Crippen LogP contribution in [-0.2, 0) is 0 Å². The molecule has 2 aromatic rings. The van der Waals surface area contributed by atoms with Gasteiger partial charge in [0.25, 0.3) is 5.95 Å². The summed E-state index contributed by atoms with van der Waals surface area (Å²) >= 11 is 5.65. The lowest BCUT2D eigenvalue weighted by Crippen LogP contribution is -2.00. The second-order valence-corrected chi connectivity index (χ2v) is 2.41. The Kier molecular flexibility index (Phi) is 1.71. The van der Waals surface area contributed by atoms with Crippen LogP contribution >= 0.6 is 11.6 Å². The van der Waals surface area contributed by atoms with Crippen LogP contribution in [0.2, 0.25) is 5.15 Å². The molecular weight excluding hydrogens is 178 g/mol. The summed E-state index contributed by atoms with van der Waals surface area (Å²) in [7, 11) is 0. The minimum atomic E-state index is 0.385. The molecule has 0 saturated carbocycles. The van der Waals surface area contributed by atoms with E-state index in [1.807, 2.05) is 0 Å². The van der Waals surface area contributed by atoms with Gasteiger partial charge in [-0.3, -0.25) is 0 Å². The molecule has 0 radical (unpaired) electrons. The van der Waals surface area contributed by atoms with E-state index >= 15 is 0 Å². The maximum Gasteiger partial charge on any atom is 0.253 e. The maximum absolute atomic E-state index is 5.65. The van der Waals surface area contributed by atoms with Crippen molar-refractivity contribution in [1.82, 2.24) is 24.7 Å². The van der Waals surface area contributed by atoms with Gasteiger partial charge >= 0.3 is 0 Å². The Balaban J connectivity index is 2.48. The Morgan fingerprint density at radius 2 is 2.33 bits per heavy atom. The summed E-state index contributed by atoms with van der Waals surface area (Å²) in [6, 6.07) is 1.60. The van der Waals surface area contributed by atoms with Gasteiger partial charge < -0.3 is 0 Å². The second-order valence-electron chi connectivity index (χ2n) is 2.02. The van der Waals surface area contributed by atoms with E-state index < -0.39 is 0 Å². The van der Waals surface area contributed by atoms with Crippen molar-refractivity contribution in [2.24, 2.45) is 0 Å². The van der Waals surface area contributed by atoms with E-state index in [2.05, 4.69) is 20.1 Å². The van der Waals surface area contributed by atoms with Gasteiger partial charge in [0, 0.05) is 6.20 Å². The van der Waals surface area contributed by atoms with E-state index in [4.69, 9.17) is 11.6 Å². The van der Waals surface area contributed by atoms with Crippen molar-refractivity contribution in [1.29, 1.82) is 0 Å². The molecule has 0 amide bonds. The highest BCUT2D eigenvalue weighted by Gasteiger charge is 1.99. The van der Waals surface area contributed by atoms with Crippen LogP contribution in [0.25, 0.3) is 5.95 Å². The van der Waals surface area contributed by atoms with Crippen LogP contribution in [0.5, 0.6) is 0 Å². The molecule has 0 atom stereocenters. The highest BCUT2D eigenvalue weighted by Crippen LogP contribution is 2.03. The van der Waals surface area contributed by atoms with Gasteiger partial charge in [0.05, 0.1) is 0 Å². The third kappa shape index (κ3) is 1.26. The molecule has 2 aromatic heterocycles. The summed E-state index contributed by atoms with van der Waals surface area (Å²) in [6.07, 6.45) is 4.47. The van der Waals surface area contributed by atoms with Gasteiger partial charge in [0.15, 0.2) is 0 Å². The molecule has 0 aromatic carbocycles. The van der Waals surface area contributed by atoms with Crippen LogP contribution in [0.15, 0.2) is 24.9 Å². The molecule has 2 rings (SSSR count). The SMILES string of the molecule is Clc1ccnc(-n2cncn2)n1. The van der Waals surface area contributed by atoms with Crippen molar-refractivity contribution in [2.75, 3.05) is 0 Å². The summed E-state index contributed by atoms with van der Waals surface area (Å²) in [5.74, 6) is 0.417. The average molecular weight is 182 g/mol. The van der Waals surface area contributed by atoms with Crippen molar-refractivity contribution in [3.63, 3.8) is 0 Å². The fraction of sp³-hybridized carbons (Fsp3) is 0. The molecule has 0 fully saturated rings. The van der Waals surface area contributed by atoms with Gasteiger partial charge in [0.2, 0.25) is 0 Å². The predicted octanol–water partition coefficient (Wildman–Crippen LogP) is 0.711. The fourth-order valence-electron chi connectivity index (χ4n) is 0.749. The van der Waals surface area contributed by atoms with E-state index in [1.54, 1.807) is 12.3 Å². The molecule has 0 bridgehead atoms. The molecule has 0 unspecified atom stereocenters. The van der Waals surface area contributed by atoms with Crippen molar-refractivity contribution >= 4 is 11.6 Å². The Labute approximate surface area is 73.1 Å². The first kappa shape index (κ1) is 7.17. The number of hydrogen-bond donors (Lipinski definition) is 0. The molecule has 0 saturated heterocycles. The van der Waals surface area contributed by atoms with Crippen LogP contribution < -0.4 is 0 Å². The summed E-state index contributed by atoms with van der Waals surface area (Å²) < 4.78 is 1.44. The highest BCUT2D eigenvalue weighted by molar-refractivity contribution is 6.29. The molecule has 0 N–H and O–H groups in total. The van der Waals surface area contributed by atoms with Gasteiger partial charge in [-0.1, -0.05) is 11.6 Å². The zero-order valence-electron chi connectivity index (χ0n) is 5.92. The normalized spacial score (nSPS) is 10.1. The smallest absolute Gasteiger partial charge is 0.223 e. The van der Waals surface area contributed by atoms with Crippen molar-refractivity contribution in [3.8, 4) is 5.95 Å². The third-order valence-corrected chi connectivity index (χ3v) is 1.44. The predicted molar refractivity (Wildman–Crippen MR) is 42.0 cm³/mol. The molecule has 12 heavy (non-hydrogen) atoms. The molecular formula is C6H4ClN5. The largest absolute Gasteiger partial charge is 0.253 e. The molecule has 2 heterocycles. The van der Waals surface area contributed by atoms with Gasteiger partial charge in [-0.15, -0.1) is 0 Å². The van der Waals surface area contributed by atoms with E-state index in [-0.39, 0.29) is 0 Å². The van der Waals surface area contributed by atoms with E-state index in [9.17, 15) is 0 Å². The van der Waals surface area contributed by atoms with E-state index in [1.165, 1.54) is 17.3 Å². The van der Waals surface area contributed by atoms with Gasteiger partial charge in [-0.2, -0.15) is 14.8 Å². The lowest BCUT2D eigenvalue weighted by Gasteiger charge is -1.96. The standard InChI is InChI=1S/C6H4ClN5/c7-5-1-2-9-6(11-5)12-4-8-3-10-12/h1-4H. The summed E-state index contributed by atoms with van der Waals surface area (Å²) in [6.45, 7) is 0. The lowest BCUT2D eigenvalue weighted by atomic mass is 10.7. The molecule has 0 aliphatic carbocycles. The Hall–Kier alpha value is -1.49. The fourth-order valence-corrected chi connectivity index (χ4v) is 0.881. The topological polar surface area (TPSA) is 56.5 Å². The average Bonchev–Trinajstić information content (AvgIpc) is 2.56. The van der Waals surface area contributed by atoms with E-state index in [0.717, 1.165) is 0 Å². The van der Waals surface area contributed by atoms with Crippen LogP contribution in [0.1, 0.15) is 0 Å². The molecule has 6 heteroatoms. The van der Waals surface area contributed by atoms with E-state index in [0.29, 0.717) is 11.1 Å². The number of aromatic nitrogens is 5. The number of nitrogens with zero attached hydrogens (tertiary/aromatic N) is 5. The van der Waals surface area contributed by atoms with Crippen LogP contribution in [-0.4, -0.2) is 24.7 Å². The summed E-state index contributed by atoms with van der Waals surface area (Å²) in [5.41, 5.74) is 0. The first-order valence-electron chi connectivity index (χ1n) is 3.20. The monoisotopic (exact) mass is 181 g/mol. The Morgan fingerprint density at radius 1 is 1.42 bits per heavy atom. The number of rotatable bonds is 1. The lowest BCUT2D eigenvalue weighted by molar-refractivity contribution is 0.806. The van der Waals surface area contributed by atoms with Gasteiger partial charge in [-0.25, -0.2) is 9.97 Å². The number of halogens is 1. The first-order valence-corrected chi connectivity index (χ1v) is 3.57. The van der Waals surface area contributed by atoms with Gasteiger partial charge in [0.1, 0.15) is 17.8 Å². The zero-order chi connectivity index (χ0) is 8.39. The minimum absolute atomic E-state index is 0.385. The number of hydrogen-bond acceptors (Lipinski definition) is 4. The van der Waals surface area contributed by atoms with Gasteiger partial charge in [-0.05, 0) is 6.07 Å². The molecule has 0 aliphatic heterocycles. The molecule has 5 nitrogen and oxygen atoms in total. The quantitative estimate of drug-likeness (QED) is 0.608. The Bertz CT molecular complexity index is 371. The second kappa shape index (κ2) is 2.86. The van der Waals surface area contributed by atoms with Crippen molar-refractivity contribution < 1.29 is 0 Å². The summed E-state index contributed by atoms with van der Waals surface area (Å²) in [4.78, 5) is 11.6. The molecule has 0 spiro atoms. The molecule has 60 valence electrons. The van der Waals surface area contributed by atoms with Crippen LogP contribution in [0.3, 0.4) is 0 Å². The highest BCUT2D eigenvalue weighted by atomic mass is 35.5. The zero-order valence-corrected chi connectivity index (χ0v) is 6.68. The Morgan fingerprint density at radius 3 is 3.00 bits per heavy atom. The van der Waals surface area contributed by atoms with Crippen LogP contribution in [0, 0.1) is 0 Å². The molecule has 0 aliphatic rings. The maximum atomic E-state index is 5.65. The third-order valence-electron chi connectivity index (χ3n) is 1.23. The van der Waals surface area contributed by atoms with Crippen molar-refractivity contribution in [2.45, 2.75) is 0 Å². The van der Waals surface area contributed by atoms with Crippen molar-refractivity contribution in [3.05, 3.63) is 30.1 Å². The minimum Gasteiger partial charge on any atom is -0.223 e.